The Morgan fingerprint density at radius 2 is 1.43 bits per heavy atom. The van der Waals surface area contributed by atoms with Crippen LogP contribution in [0.25, 0.3) is 0 Å². The second-order valence-electron chi connectivity index (χ2n) is 9.87. The maximum atomic E-state index is 6.03. The molecule has 1 aliphatic rings. The first-order valence-electron chi connectivity index (χ1n) is 12.0. The average Bonchev–Trinajstić information content (AvgIpc) is 2.65. The first-order chi connectivity index (χ1) is 13.3. The van der Waals surface area contributed by atoms with Crippen LogP contribution in [0.15, 0.2) is 23.2 Å². The molecule has 0 aliphatic heterocycles. The van der Waals surface area contributed by atoms with E-state index in [4.69, 9.17) is 11.5 Å². The standard InChI is InChI=1S/C25H49N3/c1-7-11-13-20(9-3)18-28(19-21(10-4)14-12-8-2)23-15-22(24(26)27)16-25(5,6)17-23/h15,20-21H,7-14,16-19,26-27H2,1-6H3. The Labute approximate surface area is 176 Å². The van der Waals surface area contributed by atoms with Crippen molar-refractivity contribution in [1.82, 2.24) is 4.90 Å². The summed E-state index contributed by atoms with van der Waals surface area (Å²) in [6.45, 7) is 16.4. The van der Waals surface area contributed by atoms with Crippen LogP contribution >= 0.6 is 0 Å². The van der Waals surface area contributed by atoms with E-state index in [-0.39, 0.29) is 5.41 Å². The molecule has 0 spiro atoms. The van der Waals surface area contributed by atoms with Crippen molar-refractivity contribution < 1.29 is 0 Å². The Kier molecular flexibility index (Phi) is 11.1. The van der Waals surface area contributed by atoms with Gasteiger partial charge in [0.15, 0.2) is 0 Å². The van der Waals surface area contributed by atoms with E-state index in [1.165, 1.54) is 70.2 Å². The zero-order valence-corrected chi connectivity index (χ0v) is 19.8. The smallest absolute Gasteiger partial charge is 0.0967 e. The van der Waals surface area contributed by atoms with Crippen molar-refractivity contribution in [2.75, 3.05) is 13.1 Å². The monoisotopic (exact) mass is 391 g/mol. The van der Waals surface area contributed by atoms with Crippen LogP contribution in [-0.2, 0) is 0 Å². The minimum absolute atomic E-state index is 0.220. The number of hydrogen-bond donors (Lipinski definition) is 2. The van der Waals surface area contributed by atoms with Gasteiger partial charge in [-0.15, -0.1) is 0 Å². The van der Waals surface area contributed by atoms with Crippen molar-refractivity contribution in [2.24, 2.45) is 28.7 Å². The molecule has 0 saturated carbocycles. The number of allylic oxidation sites excluding steroid dienone is 3. The van der Waals surface area contributed by atoms with Gasteiger partial charge in [0.1, 0.15) is 0 Å². The van der Waals surface area contributed by atoms with Crippen LogP contribution in [-0.4, -0.2) is 18.0 Å². The second-order valence-corrected chi connectivity index (χ2v) is 9.87. The van der Waals surface area contributed by atoms with Gasteiger partial charge in [-0.2, -0.15) is 0 Å². The Balaban J connectivity index is 3.11. The molecule has 3 nitrogen and oxygen atoms in total. The van der Waals surface area contributed by atoms with E-state index >= 15 is 0 Å². The van der Waals surface area contributed by atoms with Gasteiger partial charge in [-0.3, -0.25) is 0 Å². The van der Waals surface area contributed by atoms with Gasteiger partial charge in [0.2, 0.25) is 0 Å². The lowest BCUT2D eigenvalue weighted by atomic mass is 9.76. The molecule has 1 rings (SSSR count). The Morgan fingerprint density at radius 3 is 1.82 bits per heavy atom. The lowest BCUT2D eigenvalue weighted by Crippen LogP contribution is -2.37. The van der Waals surface area contributed by atoms with Gasteiger partial charge in [-0.05, 0) is 54.6 Å². The van der Waals surface area contributed by atoms with E-state index in [2.05, 4.69) is 52.5 Å². The average molecular weight is 392 g/mol. The molecule has 28 heavy (non-hydrogen) atoms. The molecule has 1 aliphatic carbocycles. The highest BCUT2D eigenvalue weighted by Crippen LogP contribution is 2.40. The van der Waals surface area contributed by atoms with Crippen molar-refractivity contribution in [2.45, 2.75) is 106 Å². The van der Waals surface area contributed by atoms with Gasteiger partial charge in [-0.25, -0.2) is 0 Å². The third-order valence-corrected chi connectivity index (χ3v) is 6.49. The van der Waals surface area contributed by atoms with Crippen LogP contribution < -0.4 is 11.5 Å². The molecule has 3 heteroatoms. The normalized spacial score (nSPS) is 18.5. The summed E-state index contributed by atoms with van der Waals surface area (Å²) in [6, 6.07) is 0. The summed E-state index contributed by atoms with van der Waals surface area (Å²) in [5, 5.41) is 0. The van der Waals surface area contributed by atoms with E-state index < -0.39 is 0 Å². The van der Waals surface area contributed by atoms with Crippen LogP contribution in [0.1, 0.15) is 106 Å². The summed E-state index contributed by atoms with van der Waals surface area (Å²) in [4.78, 5) is 2.72. The Bertz CT molecular complexity index is 482. The van der Waals surface area contributed by atoms with Crippen LogP contribution in [0.5, 0.6) is 0 Å². The largest absolute Gasteiger partial charge is 0.385 e. The minimum atomic E-state index is 0.220. The van der Waals surface area contributed by atoms with E-state index in [0.29, 0.717) is 5.82 Å². The predicted octanol–water partition coefficient (Wildman–Crippen LogP) is 6.55. The maximum absolute atomic E-state index is 6.03. The molecule has 0 bridgehead atoms. The van der Waals surface area contributed by atoms with Gasteiger partial charge >= 0.3 is 0 Å². The van der Waals surface area contributed by atoms with Crippen LogP contribution in [0.2, 0.25) is 0 Å². The highest BCUT2D eigenvalue weighted by Gasteiger charge is 2.30. The van der Waals surface area contributed by atoms with Crippen LogP contribution in [0.4, 0.5) is 0 Å². The molecule has 0 amide bonds. The Morgan fingerprint density at radius 1 is 0.929 bits per heavy atom. The number of rotatable bonds is 13. The molecule has 0 aromatic heterocycles. The van der Waals surface area contributed by atoms with E-state index in [1.54, 1.807) is 0 Å². The molecule has 2 atom stereocenters. The quantitative estimate of drug-likeness (QED) is 0.374. The molecule has 0 aromatic carbocycles. The van der Waals surface area contributed by atoms with Crippen LogP contribution in [0, 0.1) is 17.3 Å². The third kappa shape index (κ3) is 8.49. The van der Waals surface area contributed by atoms with E-state index in [0.717, 1.165) is 30.3 Å². The Hall–Kier alpha value is -1.12. The van der Waals surface area contributed by atoms with Crippen molar-refractivity contribution >= 4 is 0 Å². The summed E-state index contributed by atoms with van der Waals surface area (Å²) in [7, 11) is 0. The summed E-state index contributed by atoms with van der Waals surface area (Å²) in [5.74, 6) is 2.05. The predicted molar refractivity (Wildman–Crippen MR) is 125 cm³/mol. The molecule has 4 N–H and O–H groups in total. The number of hydrogen-bond acceptors (Lipinski definition) is 3. The molecule has 0 aromatic rings. The fraction of sp³-hybridized carbons (Fsp3) is 0.840. The van der Waals surface area contributed by atoms with Gasteiger partial charge < -0.3 is 16.4 Å². The molecule has 164 valence electrons. The lowest BCUT2D eigenvalue weighted by molar-refractivity contribution is 0.194. The third-order valence-electron chi connectivity index (χ3n) is 6.49. The van der Waals surface area contributed by atoms with Gasteiger partial charge in [0.05, 0.1) is 5.82 Å². The van der Waals surface area contributed by atoms with Crippen LogP contribution in [0.3, 0.4) is 0 Å². The number of nitrogens with two attached hydrogens (primary N) is 2. The molecule has 0 radical (unpaired) electrons. The summed E-state index contributed by atoms with van der Waals surface area (Å²) in [6.07, 6.45) is 14.9. The summed E-state index contributed by atoms with van der Waals surface area (Å²) in [5.41, 5.74) is 14.9. The SMILES string of the molecule is CCCCC(CC)CN(CC(CC)CCCC)C1=CC(=C(N)N)CC(C)(C)C1. The maximum Gasteiger partial charge on any atom is 0.0967 e. The fourth-order valence-corrected chi connectivity index (χ4v) is 4.53. The zero-order valence-electron chi connectivity index (χ0n) is 19.8. The first-order valence-corrected chi connectivity index (χ1v) is 12.0. The van der Waals surface area contributed by atoms with Crippen molar-refractivity contribution in [3.63, 3.8) is 0 Å². The highest BCUT2D eigenvalue weighted by molar-refractivity contribution is 5.31. The zero-order chi connectivity index (χ0) is 21.2. The molecule has 0 heterocycles. The molecular formula is C25H49N3. The van der Waals surface area contributed by atoms with Gasteiger partial charge in [0.25, 0.3) is 0 Å². The number of nitrogens with zero attached hydrogens (tertiary/aromatic N) is 1. The molecular weight excluding hydrogens is 342 g/mol. The first kappa shape index (κ1) is 24.9. The van der Waals surface area contributed by atoms with Gasteiger partial charge in [0, 0.05) is 18.8 Å². The fourth-order valence-electron chi connectivity index (χ4n) is 4.53. The topological polar surface area (TPSA) is 55.3 Å². The summed E-state index contributed by atoms with van der Waals surface area (Å²) >= 11 is 0. The van der Waals surface area contributed by atoms with Crippen molar-refractivity contribution in [3.8, 4) is 0 Å². The molecule has 0 saturated heterocycles. The minimum Gasteiger partial charge on any atom is -0.385 e. The van der Waals surface area contributed by atoms with E-state index in [9.17, 15) is 0 Å². The highest BCUT2D eigenvalue weighted by atomic mass is 15.1. The molecule has 2 unspecified atom stereocenters. The second kappa shape index (κ2) is 12.4. The van der Waals surface area contributed by atoms with Crippen molar-refractivity contribution in [3.05, 3.63) is 23.2 Å². The van der Waals surface area contributed by atoms with E-state index in [1.807, 2.05) is 0 Å². The summed E-state index contributed by atoms with van der Waals surface area (Å²) < 4.78 is 0. The van der Waals surface area contributed by atoms with Gasteiger partial charge in [-0.1, -0.05) is 80.1 Å². The molecule has 0 fully saturated rings. The lowest BCUT2D eigenvalue weighted by Gasteiger charge is -2.40. The van der Waals surface area contributed by atoms with Crippen molar-refractivity contribution in [1.29, 1.82) is 0 Å². The number of unbranched alkanes of at least 4 members (excludes halogenated alkanes) is 2.